The Kier molecular flexibility index (Phi) is 8.41. The Bertz CT molecular complexity index is 2870. The van der Waals surface area contributed by atoms with Gasteiger partial charge < -0.3 is 0 Å². The molecule has 9 aromatic rings. The van der Waals surface area contributed by atoms with Crippen LogP contribution < -0.4 is 0 Å². The van der Waals surface area contributed by atoms with Crippen LogP contribution in [0.5, 0.6) is 0 Å². The first-order chi connectivity index (χ1) is 29.0. The van der Waals surface area contributed by atoms with Crippen LogP contribution in [0.3, 0.4) is 0 Å². The summed E-state index contributed by atoms with van der Waals surface area (Å²) in [6.07, 6.45) is 0. The van der Waals surface area contributed by atoms with Crippen molar-refractivity contribution < 1.29 is 0 Å². The lowest BCUT2D eigenvalue weighted by atomic mass is 9.80. The molecule has 0 saturated heterocycles. The van der Waals surface area contributed by atoms with Gasteiger partial charge in [-0.15, -0.1) is 0 Å². The van der Waals surface area contributed by atoms with Gasteiger partial charge in [0.25, 0.3) is 0 Å². The van der Waals surface area contributed by atoms with Gasteiger partial charge in [-0.2, -0.15) is 0 Å². The fraction of sp³-hybridized carbons (Fsp3) is 0.0847. The first-order valence-corrected chi connectivity index (χ1v) is 20.9. The molecule has 0 fully saturated rings. The van der Waals surface area contributed by atoms with Crippen LogP contribution >= 0.6 is 0 Å². The van der Waals surface area contributed by atoms with Crippen molar-refractivity contribution in [1.82, 2.24) is 0 Å². The summed E-state index contributed by atoms with van der Waals surface area (Å²) in [5.41, 5.74) is 23.6. The summed E-state index contributed by atoms with van der Waals surface area (Å²) in [6.45, 7) is 4.77. The molecule has 280 valence electrons. The number of benzene rings is 9. The molecule has 0 aliphatic heterocycles. The highest BCUT2D eigenvalue weighted by Gasteiger charge is 2.39. The molecule has 1 atom stereocenters. The van der Waals surface area contributed by atoms with Crippen LogP contribution in [0.4, 0.5) is 0 Å². The maximum absolute atomic E-state index is 2.54. The Morgan fingerprint density at radius 1 is 0.322 bits per heavy atom. The van der Waals surface area contributed by atoms with Crippen molar-refractivity contribution in [1.29, 1.82) is 0 Å². The third kappa shape index (κ3) is 5.98. The Balaban J connectivity index is 0.987. The van der Waals surface area contributed by atoms with E-state index in [4.69, 9.17) is 0 Å². The van der Waals surface area contributed by atoms with E-state index in [1.165, 1.54) is 100 Å². The van der Waals surface area contributed by atoms with Crippen LogP contribution in [0, 0.1) is 0 Å². The fourth-order valence-corrected chi connectivity index (χ4v) is 10.1. The van der Waals surface area contributed by atoms with E-state index in [2.05, 4.69) is 232 Å². The van der Waals surface area contributed by atoms with Crippen LogP contribution in [0.1, 0.15) is 70.2 Å². The molecule has 0 spiro atoms. The normalized spacial score (nSPS) is 14.4. The van der Waals surface area contributed by atoms with Gasteiger partial charge in [0.05, 0.1) is 0 Å². The van der Waals surface area contributed by atoms with Gasteiger partial charge in [-0.05, 0) is 112 Å². The molecule has 11 rings (SSSR count). The van der Waals surface area contributed by atoms with Crippen molar-refractivity contribution in [3.8, 4) is 55.6 Å². The van der Waals surface area contributed by atoms with Gasteiger partial charge in [-0.1, -0.05) is 220 Å². The summed E-state index contributed by atoms with van der Waals surface area (Å²) in [6, 6.07) is 81.2. The molecule has 2 aliphatic carbocycles. The highest BCUT2D eigenvalue weighted by Crippen LogP contribution is 2.56. The molecule has 1 unspecified atom stereocenters. The van der Waals surface area contributed by atoms with Crippen molar-refractivity contribution >= 4 is 0 Å². The largest absolute Gasteiger partial charge is 0.0622 e. The van der Waals surface area contributed by atoms with Gasteiger partial charge in [-0.3, -0.25) is 0 Å². The van der Waals surface area contributed by atoms with Gasteiger partial charge in [0.2, 0.25) is 0 Å². The summed E-state index contributed by atoms with van der Waals surface area (Å²) in [5.74, 6) is 0.288. The molecule has 0 nitrogen and oxygen atoms in total. The highest BCUT2D eigenvalue weighted by atomic mass is 14.4. The number of fused-ring (bicyclic) bond motifs is 6. The lowest BCUT2D eigenvalue weighted by Gasteiger charge is -2.23. The van der Waals surface area contributed by atoms with Crippen molar-refractivity contribution in [2.45, 2.75) is 31.1 Å². The third-order valence-electron chi connectivity index (χ3n) is 13.1. The van der Waals surface area contributed by atoms with E-state index in [9.17, 15) is 0 Å². The van der Waals surface area contributed by atoms with Crippen LogP contribution in [0.2, 0.25) is 0 Å². The smallest absolute Gasteiger partial charge is 0.0352 e. The first-order valence-electron chi connectivity index (χ1n) is 20.9. The van der Waals surface area contributed by atoms with Crippen LogP contribution in [0.15, 0.2) is 218 Å². The minimum atomic E-state index is -0.0460. The van der Waals surface area contributed by atoms with Gasteiger partial charge in [0.15, 0.2) is 0 Å². The molecule has 0 saturated carbocycles. The second-order valence-corrected chi connectivity index (χ2v) is 16.8. The topological polar surface area (TPSA) is 0 Å². The van der Waals surface area contributed by atoms with E-state index in [1.54, 1.807) is 0 Å². The molecular weight excluding hydrogens is 709 g/mol. The molecule has 0 N–H and O–H groups in total. The Morgan fingerprint density at radius 3 is 1.32 bits per heavy atom. The number of hydrogen-bond donors (Lipinski definition) is 0. The summed E-state index contributed by atoms with van der Waals surface area (Å²) < 4.78 is 0. The predicted octanol–water partition coefficient (Wildman–Crippen LogP) is 15.3. The first kappa shape index (κ1) is 35.2. The maximum Gasteiger partial charge on any atom is 0.0352 e. The zero-order valence-electron chi connectivity index (χ0n) is 33.4. The zero-order valence-corrected chi connectivity index (χ0v) is 33.4. The molecule has 0 bridgehead atoms. The Labute approximate surface area is 348 Å². The van der Waals surface area contributed by atoms with Crippen molar-refractivity contribution in [2.24, 2.45) is 0 Å². The molecule has 0 amide bonds. The fourth-order valence-electron chi connectivity index (χ4n) is 10.1. The lowest BCUT2D eigenvalue weighted by Crippen LogP contribution is -2.15. The van der Waals surface area contributed by atoms with E-state index in [0.29, 0.717) is 0 Å². The quantitative estimate of drug-likeness (QED) is 0.142. The SMILES string of the molecule is CC1(C)c2ccccc2-c2cc3c(cc21)C(c1ccccc1)c1ccc(-c2ccc(C(c4ccc(-c5ccccc5)cc4)c4ccc(-c5ccccc5)cc4)cc2)cc1-3. The van der Waals surface area contributed by atoms with E-state index in [-0.39, 0.29) is 17.3 Å². The minimum Gasteiger partial charge on any atom is -0.0622 e. The second-order valence-electron chi connectivity index (χ2n) is 16.8. The van der Waals surface area contributed by atoms with E-state index in [1.807, 2.05) is 0 Å². The molecule has 0 heteroatoms. The van der Waals surface area contributed by atoms with Crippen molar-refractivity contribution in [2.75, 3.05) is 0 Å². The Morgan fingerprint density at radius 2 is 0.763 bits per heavy atom. The molecule has 59 heavy (non-hydrogen) atoms. The van der Waals surface area contributed by atoms with E-state index < -0.39 is 0 Å². The standard InChI is InChI=1S/C59H44/c1-59(2)55-21-13-12-20-49(55)53-37-52-51-36-48(34-35-50(51)58(54(52)38-56(53)59)44-18-10-5-11-19-44)43-26-32-47(33-27-43)57(45-28-22-41(23-29-45)39-14-6-3-7-15-39)46-30-24-42(25-31-46)40-16-8-4-9-17-40/h3-38,57-58H,1-2H3. The van der Waals surface area contributed by atoms with Gasteiger partial charge in [0, 0.05) is 17.3 Å². The Hall–Kier alpha value is -7.02. The third-order valence-corrected chi connectivity index (χ3v) is 13.1. The minimum absolute atomic E-state index is 0.0460. The van der Waals surface area contributed by atoms with Crippen molar-refractivity contribution in [3.63, 3.8) is 0 Å². The molecule has 0 aromatic heterocycles. The predicted molar refractivity (Wildman–Crippen MR) is 247 cm³/mol. The van der Waals surface area contributed by atoms with Gasteiger partial charge in [0.1, 0.15) is 0 Å². The molecular formula is C59H44. The second kappa shape index (κ2) is 14.1. The van der Waals surface area contributed by atoms with Crippen LogP contribution in [-0.4, -0.2) is 0 Å². The summed E-state index contributed by atoms with van der Waals surface area (Å²) in [5, 5.41) is 0. The average molecular weight is 753 g/mol. The molecule has 0 heterocycles. The molecule has 0 radical (unpaired) electrons. The number of hydrogen-bond acceptors (Lipinski definition) is 0. The average Bonchev–Trinajstić information content (AvgIpc) is 3.74. The van der Waals surface area contributed by atoms with Crippen LogP contribution in [0.25, 0.3) is 55.6 Å². The number of rotatable bonds is 7. The monoisotopic (exact) mass is 752 g/mol. The summed E-state index contributed by atoms with van der Waals surface area (Å²) in [7, 11) is 0. The highest BCUT2D eigenvalue weighted by molar-refractivity contribution is 5.91. The summed E-state index contributed by atoms with van der Waals surface area (Å²) in [4.78, 5) is 0. The maximum atomic E-state index is 2.54. The van der Waals surface area contributed by atoms with E-state index in [0.717, 1.165) is 0 Å². The van der Waals surface area contributed by atoms with Crippen molar-refractivity contribution in [3.05, 3.63) is 263 Å². The lowest BCUT2D eigenvalue weighted by molar-refractivity contribution is 0.659. The van der Waals surface area contributed by atoms with Gasteiger partial charge >= 0.3 is 0 Å². The summed E-state index contributed by atoms with van der Waals surface area (Å²) >= 11 is 0. The zero-order chi connectivity index (χ0) is 39.5. The van der Waals surface area contributed by atoms with Gasteiger partial charge in [-0.25, -0.2) is 0 Å². The molecule has 2 aliphatic rings. The van der Waals surface area contributed by atoms with Crippen LogP contribution in [-0.2, 0) is 5.41 Å². The van der Waals surface area contributed by atoms with E-state index >= 15 is 0 Å². The molecule has 9 aromatic carbocycles.